The summed E-state index contributed by atoms with van der Waals surface area (Å²) in [5.41, 5.74) is 12.1. The number of aromatic nitrogens is 2. The second kappa shape index (κ2) is 11.0. The number of nitrogens with zero attached hydrogens (tertiary/aromatic N) is 2. The number of rotatable bonds is 4. The van der Waals surface area contributed by atoms with Crippen LogP contribution in [0.3, 0.4) is 0 Å². The quantitative estimate of drug-likeness (QED) is 0.177. The standard InChI is InChI=1S/C48H30N2S/c1-2-11-31(12-3-1)33-13-10-14-36(27-33)50-44-19-8-5-16-38(44)42-29-45-41(30-46(42)50)37-15-4-7-18-43(37)49(45)35-24-21-32(22-25-35)34-23-26-40-39-17-6-9-20-47(39)51-48(40)28-34/h1-30H. The molecule has 11 aromatic rings. The van der Waals surface area contributed by atoms with Crippen molar-refractivity contribution < 1.29 is 0 Å². The highest BCUT2D eigenvalue weighted by Crippen LogP contribution is 2.41. The molecule has 0 aliphatic rings. The van der Waals surface area contributed by atoms with E-state index in [2.05, 4.69) is 191 Å². The summed E-state index contributed by atoms with van der Waals surface area (Å²) in [6, 6.07) is 66.7. The van der Waals surface area contributed by atoms with Crippen LogP contribution in [0.5, 0.6) is 0 Å². The number of fused-ring (bicyclic) bond motifs is 9. The van der Waals surface area contributed by atoms with Gasteiger partial charge in [-0.2, -0.15) is 0 Å². The first-order valence-electron chi connectivity index (χ1n) is 17.4. The van der Waals surface area contributed by atoms with Gasteiger partial charge in [0.1, 0.15) is 0 Å². The van der Waals surface area contributed by atoms with Crippen LogP contribution in [0.4, 0.5) is 0 Å². The predicted octanol–water partition coefficient (Wildman–Crippen LogP) is 13.6. The third-order valence-corrected chi connectivity index (χ3v) is 11.6. The van der Waals surface area contributed by atoms with E-state index in [1.165, 1.54) is 86.0 Å². The van der Waals surface area contributed by atoms with E-state index in [1.807, 2.05) is 11.3 Å². The zero-order chi connectivity index (χ0) is 33.5. The summed E-state index contributed by atoms with van der Waals surface area (Å²) < 4.78 is 7.54. The van der Waals surface area contributed by atoms with Crippen LogP contribution in [0, 0.1) is 0 Å². The molecule has 0 unspecified atom stereocenters. The summed E-state index contributed by atoms with van der Waals surface area (Å²) >= 11 is 1.87. The molecule has 3 heterocycles. The van der Waals surface area contributed by atoms with Crippen molar-refractivity contribution in [2.75, 3.05) is 0 Å². The van der Waals surface area contributed by atoms with Crippen molar-refractivity contribution in [2.24, 2.45) is 0 Å². The summed E-state index contributed by atoms with van der Waals surface area (Å²) in [4.78, 5) is 0. The number of para-hydroxylation sites is 2. The molecule has 0 atom stereocenters. The maximum atomic E-state index is 2.44. The minimum atomic E-state index is 1.16. The van der Waals surface area contributed by atoms with Gasteiger partial charge in [-0.15, -0.1) is 11.3 Å². The first-order chi connectivity index (χ1) is 25.3. The van der Waals surface area contributed by atoms with Crippen LogP contribution in [0.1, 0.15) is 0 Å². The fourth-order valence-corrected chi connectivity index (χ4v) is 9.30. The molecule has 0 radical (unpaired) electrons. The third kappa shape index (κ3) is 4.35. The highest BCUT2D eigenvalue weighted by molar-refractivity contribution is 7.25. The summed E-state index contributed by atoms with van der Waals surface area (Å²) in [6.45, 7) is 0. The summed E-state index contributed by atoms with van der Waals surface area (Å²) in [5, 5.41) is 7.68. The molecule has 0 aliphatic heterocycles. The summed E-state index contributed by atoms with van der Waals surface area (Å²) in [7, 11) is 0. The molecule has 51 heavy (non-hydrogen) atoms. The second-order valence-electron chi connectivity index (χ2n) is 13.4. The van der Waals surface area contributed by atoms with Crippen LogP contribution in [0.15, 0.2) is 182 Å². The Hall–Kier alpha value is -6.42. The minimum absolute atomic E-state index is 1.16. The lowest BCUT2D eigenvalue weighted by Crippen LogP contribution is -1.95. The van der Waals surface area contributed by atoms with Gasteiger partial charge in [-0.3, -0.25) is 0 Å². The van der Waals surface area contributed by atoms with Gasteiger partial charge in [0.2, 0.25) is 0 Å². The van der Waals surface area contributed by atoms with Gasteiger partial charge in [0, 0.05) is 53.1 Å². The van der Waals surface area contributed by atoms with Gasteiger partial charge in [0.05, 0.1) is 22.1 Å². The molecule has 0 saturated heterocycles. The van der Waals surface area contributed by atoms with Crippen LogP contribution >= 0.6 is 11.3 Å². The van der Waals surface area contributed by atoms with Crippen LogP contribution in [-0.4, -0.2) is 9.13 Å². The van der Waals surface area contributed by atoms with Gasteiger partial charge in [0.25, 0.3) is 0 Å². The number of benzene rings is 8. The van der Waals surface area contributed by atoms with E-state index in [1.54, 1.807) is 0 Å². The monoisotopic (exact) mass is 666 g/mol. The van der Waals surface area contributed by atoms with Gasteiger partial charge in [-0.1, -0.05) is 121 Å². The van der Waals surface area contributed by atoms with Crippen molar-refractivity contribution in [1.82, 2.24) is 9.13 Å². The van der Waals surface area contributed by atoms with E-state index in [0.717, 1.165) is 11.4 Å². The fraction of sp³-hybridized carbons (Fsp3) is 0. The smallest absolute Gasteiger partial charge is 0.0548 e. The van der Waals surface area contributed by atoms with Crippen molar-refractivity contribution in [1.29, 1.82) is 0 Å². The zero-order valence-electron chi connectivity index (χ0n) is 27.6. The molecule has 0 spiro atoms. The Morgan fingerprint density at radius 2 is 0.804 bits per heavy atom. The van der Waals surface area contributed by atoms with Crippen LogP contribution in [0.2, 0.25) is 0 Å². The van der Waals surface area contributed by atoms with Crippen molar-refractivity contribution in [3.05, 3.63) is 182 Å². The average Bonchev–Trinajstić information content (AvgIpc) is 3.84. The van der Waals surface area contributed by atoms with Gasteiger partial charge < -0.3 is 9.13 Å². The Morgan fingerprint density at radius 3 is 1.53 bits per heavy atom. The Kier molecular flexibility index (Phi) is 6.16. The van der Waals surface area contributed by atoms with Crippen molar-refractivity contribution >= 4 is 75.1 Å². The van der Waals surface area contributed by atoms with E-state index in [4.69, 9.17) is 0 Å². The van der Waals surface area contributed by atoms with E-state index < -0.39 is 0 Å². The molecule has 11 rings (SSSR count). The molecule has 0 fully saturated rings. The van der Waals surface area contributed by atoms with E-state index in [-0.39, 0.29) is 0 Å². The number of thiophene rings is 1. The van der Waals surface area contributed by atoms with E-state index in [0.29, 0.717) is 0 Å². The number of hydrogen-bond acceptors (Lipinski definition) is 1. The van der Waals surface area contributed by atoms with E-state index in [9.17, 15) is 0 Å². The Bertz CT molecular complexity index is 3120. The Morgan fingerprint density at radius 1 is 0.275 bits per heavy atom. The molecule has 0 amide bonds. The van der Waals surface area contributed by atoms with Crippen molar-refractivity contribution in [3.63, 3.8) is 0 Å². The maximum absolute atomic E-state index is 2.44. The SMILES string of the molecule is c1ccc(-c2cccc(-n3c4ccccc4c4cc5c(cc43)c3ccccc3n5-c3ccc(-c4ccc5c(c4)sc4ccccc45)cc3)c2)cc1. The van der Waals surface area contributed by atoms with Crippen molar-refractivity contribution in [3.8, 4) is 33.6 Å². The molecule has 0 bridgehead atoms. The van der Waals surface area contributed by atoms with Gasteiger partial charge >= 0.3 is 0 Å². The maximum Gasteiger partial charge on any atom is 0.0548 e. The molecular weight excluding hydrogens is 637 g/mol. The number of hydrogen-bond donors (Lipinski definition) is 0. The topological polar surface area (TPSA) is 9.86 Å². The highest BCUT2D eigenvalue weighted by atomic mass is 32.1. The lowest BCUT2D eigenvalue weighted by molar-refractivity contribution is 1.17. The third-order valence-electron chi connectivity index (χ3n) is 10.5. The molecule has 3 aromatic heterocycles. The average molecular weight is 667 g/mol. The summed E-state index contributed by atoms with van der Waals surface area (Å²) in [6.07, 6.45) is 0. The van der Waals surface area contributed by atoms with Crippen molar-refractivity contribution in [2.45, 2.75) is 0 Å². The molecule has 0 N–H and O–H groups in total. The van der Waals surface area contributed by atoms with Crippen LogP contribution in [0.25, 0.3) is 97.4 Å². The molecular formula is C48H30N2S. The minimum Gasteiger partial charge on any atom is -0.309 e. The van der Waals surface area contributed by atoms with Gasteiger partial charge in [-0.25, -0.2) is 0 Å². The first-order valence-corrected chi connectivity index (χ1v) is 18.2. The van der Waals surface area contributed by atoms with E-state index >= 15 is 0 Å². The second-order valence-corrected chi connectivity index (χ2v) is 14.4. The summed E-state index contributed by atoms with van der Waals surface area (Å²) in [5.74, 6) is 0. The molecule has 238 valence electrons. The van der Waals surface area contributed by atoms with Crippen LogP contribution < -0.4 is 0 Å². The highest BCUT2D eigenvalue weighted by Gasteiger charge is 2.19. The first kappa shape index (κ1) is 28.4. The lowest BCUT2D eigenvalue weighted by Gasteiger charge is -2.11. The van der Waals surface area contributed by atoms with Gasteiger partial charge in [-0.05, 0) is 82.9 Å². The fourth-order valence-electron chi connectivity index (χ4n) is 8.15. The molecule has 0 aliphatic carbocycles. The Balaban J connectivity index is 1.09. The van der Waals surface area contributed by atoms with Gasteiger partial charge in [0.15, 0.2) is 0 Å². The molecule has 0 saturated carbocycles. The molecule has 2 nitrogen and oxygen atoms in total. The predicted molar refractivity (Wildman–Crippen MR) is 219 cm³/mol. The molecule has 8 aromatic carbocycles. The van der Waals surface area contributed by atoms with Crippen LogP contribution in [-0.2, 0) is 0 Å². The lowest BCUT2D eigenvalue weighted by atomic mass is 10.0. The molecule has 3 heteroatoms. The Labute approximate surface area is 298 Å². The largest absolute Gasteiger partial charge is 0.309 e. The zero-order valence-corrected chi connectivity index (χ0v) is 28.4. The normalized spacial score (nSPS) is 11.9.